The molecular weight excluding hydrogens is 433 g/mol. The molecule has 1 saturated carbocycles. The van der Waals surface area contributed by atoms with Gasteiger partial charge in [-0.2, -0.15) is 13.2 Å². The van der Waals surface area contributed by atoms with Crippen LogP contribution in [0.2, 0.25) is 0 Å². The van der Waals surface area contributed by atoms with Crippen molar-refractivity contribution in [3.63, 3.8) is 0 Å². The summed E-state index contributed by atoms with van der Waals surface area (Å²) < 4.78 is 38.7. The van der Waals surface area contributed by atoms with Gasteiger partial charge in [0.2, 0.25) is 5.91 Å². The number of nitrogens with one attached hydrogen (secondary N) is 2. The lowest BCUT2D eigenvalue weighted by atomic mass is 9.82. The highest BCUT2D eigenvalue weighted by Gasteiger charge is 2.51. The summed E-state index contributed by atoms with van der Waals surface area (Å²) in [6.07, 6.45) is -0.677. The Morgan fingerprint density at radius 3 is 2.68 bits per heavy atom. The van der Waals surface area contributed by atoms with Crippen LogP contribution in [0, 0.1) is 0 Å². The molecule has 4 amide bonds. The van der Waals surface area contributed by atoms with Gasteiger partial charge in [0.25, 0.3) is 5.91 Å². The van der Waals surface area contributed by atoms with Gasteiger partial charge in [-0.05, 0) is 25.0 Å². The van der Waals surface area contributed by atoms with Gasteiger partial charge in [-0.1, -0.05) is 31.4 Å². The predicted molar refractivity (Wildman–Crippen MR) is 107 cm³/mol. The minimum Gasteiger partial charge on any atom is -0.323 e. The summed E-state index contributed by atoms with van der Waals surface area (Å²) >= 11 is 1.04. The molecule has 0 unspecified atom stereocenters. The Kier molecular flexibility index (Phi) is 5.46. The number of urea groups is 1. The fraction of sp³-hybridized carbons (Fsp3) is 0.400. The molecule has 164 valence electrons. The molecule has 0 bridgehead atoms. The minimum atomic E-state index is -4.47. The lowest BCUT2D eigenvalue weighted by Crippen LogP contribution is -2.48. The number of carbonyl (C=O) groups excluding carboxylic acids is 3. The second-order valence-corrected chi connectivity index (χ2v) is 8.49. The molecule has 2 aliphatic rings. The van der Waals surface area contributed by atoms with Crippen molar-refractivity contribution in [2.75, 3.05) is 11.9 Å². The van der Waals surface area contributed by atoms with E-state index >= 15 is 0 Å². The molecule has 2 heterocycles. The second kappa shape index (κ2) is 7.95. The van der Waals surface area contributed by atoms with Crippen molar-refractivity contribution < 1.29 is 27.6 Å². The Balaban J connectivity index is 1.42. The minimum absolute atomic E-state index is 0.164. The highest BCUT2D eigenvalue weighted by atomic mass is 32.1. The van der Waals surface area contributed by atoms with Crippen LogP contribution >= 0.6 is 11.3 Å². The van der Waals surface area contributed by atoms with Crippen LogP contribution in [0.25, 0.3) is 11.3 Å². The summed E-state index contributed by atoms with van der Waals surface area (Å²) in [5.41, 5.74) is -1.16. The maximum Gasteiger partial charge on any atom is 0.416 e. The van der Waals surface area contributed by atoms with Gasteiger partial charge in [0.1, 0.15) is 12.1 Å². The molecule has 0 radical (unpaired) electrons. The molecule has 1 aromatic carbocycles. The van der Waals surface area contributed by atoms with E-state index in [1.54, 1.807) is 0 Å². The Morgan fingerprint density at radius 2 is 1.97 bits per heavy atom. The van der Waals surface area contributed by atoms with Gasteiger partial charge in [-0.3, -0.25) is 14.5 Å². The van der Waals surface area contributed by atoms with Gasteiger partial charge < -0.3 is 10.6 Å². The summed E-state index contributed by atoms with van der Waals surface area (Å²) in [5.74, 6) is -1.00. The first-order chi connectivity index (χ1) is 14.7. The molecule has 2 aromatic rings. The van der Waals surface area contributed by atoms with E-state index in [1.165, 1.54) is 17.5 Å². The Morgan fingerprint density at radius 1 is 1.23 bits per heavy atom. The molecule has 1 saturated heterocycles. The van der Waals surface area contributed by atoms with Gasteiger partial charge in [0.05, 0.1) is 11.3 Å². The first-order valence-electron chi connectivity index (χ1n) is 9.75. The van der Waals surface area contributed by atoms with E-state index in [2.05, 4.69) is 15.6 Å². The highest BCUT2D eigenvalue weighted by Crippen LogP contribution is 2.34. The van der Waals surface area contributed by atoms with Crippen molar-refractivity contribution in [1.29, 1.82) is 0 Å². The monoisotopic (exact) mass is 452 g/mol. The molecule has 2 N–H and O–H groups in total. The van der Waals surface area contributed by atoms with Gasteiger partial charge >= 0.3 is 12.2 Å². The largest absolute Gasteiger partial charge is 0.416 e. The smallest absolute Gasteiger partial charge is 0.323 e. The molecule has 1 aromatic heterocycles. The Labute approximate surface area is 179 Å². The topological polar surface area (TPSA) is 91.4 Å². The number of rotatable bonds is 4. The third-order valence-electron chi connectivity index (χ3n) is 5.49. The number of hydrogen-bond donors (Lipinski definition) is 2. The molecule has 7 nitrogen and oxygen atoms in total. The summed E-state index contributed by atoms with van der Waals surface area (Å²) in [5, 5.41) is 6.93. The number of anilines is 1. The fourth-order valence-electron chi connectivity index (χ4n) is 3.93. The first kappa shape index (κ1) is 21.3. The first-order valence-corrected chi connectivity index (χ1v) is 10.6. The number of alkyl halides is 3. The number of imide groups is 1. The van der Waals surface area contributed by atoms with Crippen molar-refractivity contribution in [1.82, 2.24) is 15.2 Å². The number of thiazole rings is 1. The van der Waals surface area contributed by atoms with Crippen LogP contribution in [-0.2, 0) is 15.8 Å². The zero-order valence-electron chi connectivity index (χ0n) is 16.3. The van der Waals surface area contributed by atoms with Gasteiger partial charge in [-0.15, -0.1) is 11.3 Å². The van der Waals surface area contributed by atoms with E-state index < -0.39 is 41.7 Å². The molecule has 1 aliphatic carbocycles. The van der Waals surface area contributed by atoms with Crippen LogP contribution in [0.3, 0.4) is 0 Å². The third-order valence-corrected chi connectivity index (χ3v) is 6.25. The number of halogens is 3. The van der Waals surface area contributed by atoms with E-state index in [0.717, 1.165) is 47.6 Å². The molecule has 1 spiro atoms. The van der Waals surface area contributed by atoms with E-state index in [1.807, 2.05) is 0 Å². The standard InChI is InChI=1S/C20H19F3N4O3S/c21-20(22,23)13-6-4-5-12(9-13)14-11-31-17(24-14)25-15(28)10-27-16(29)19(26-18(27)30)7-2-1-3-8-19/h4-6,9,11H,1-3,7-8,10H2,(H,26,30)(H,24,25,28). The molecule has 11 heteroatoms. The number of nitrogens with zero attached hydrogens (tertiary/aromatic N) is 2. The average molecular weight is 452 g/mol. The predicted octanol–water partition coefficient (Wildman–Crippen LogP) is 4.02. The van der Waals surface area contributed by atoms with E-state index in [4.69, 9.17) is 0 Å². The normalized spacial score (nSPS) is 18.4. The summed E-state index contributed by atoms with van der Waals surface area (Å²) in [7, 11) is 0. The number of hydrogen-bond acceptors (Lipinski definition) is 5. The van der Waals surface area contributed by atoms with Crippen molar-refractivity contribution in [2.24, 2.45) is 0 Å². The molecule has 0 atom stereocenters. The Bertz CT molecular complexity index is 1030. The second-order valence-electron chi connectivity index (χ2n) is 7.63. The average Bonchev–Trinajstić information content (AvgIpc) is 3.27. The van der Waals surface area contributed by atoms with Crippen LogP contribution in [0.5, 0.6) is 0 Å². The highest BCUT2D eigenvalue weighted by molar-refractivity contribution is 7.14. The molecule has 2 fully saturated rings. The summed E-state index contributed by atoms with van der Waals surface area (Å²) in [6.45, 7) is -0.453. The SMILES string of the molecule is O=C(CN1C(=O)NC2(CCCCC2)C1=O)Nc1nc(-c2cccc(C(F)(F)F)c2)cs1. The third kappa shape index (κ3) is 4.27. The maximum atomic E-state index is 12.9. The van der Waals surface area contributed by atoms with Crippen LogP contribution in [-0.4, -0.2) is 39.8 Å². The number of amides is 4. The van der Waals surface area contributed by atoms with E-state index in [-0.39, 0.29) is 16.4 Å². The zero-order chi connectivity index (χ0) is 22.2. The van der Waals surface area contributed by atoms with Gasteiger partial charge in [-0.25, -0.2) is 9.78 Å². The lowest BCUT2D eigenvalue weighted by Gasteiger charge is -2.30. The van der Waals surface area contributed by atoms with Crippen LogP contribution in [0.1, 0.15) is 37.7 Å². The molecule has 4 rings (SSSR count). The number of carbonyl (C=O) groups is 3. The van der Waals surface area contributed by atoms with Crippen molar-refractivity contribution >= 4 is 34.3 Å². The van der Waals surface area contributed by atoms with Crippen LogP contribution in [0.15, 0.2) is 29.6 Å². The van der Waals surface area contributed by atoms with Crippen LogP contribution < -0.4 is 10.6 Å². The van der Waals surface area contributed by atoms with Crippen molar-refractivity contribution in [2.45, 2.75) is 43.8 Å². The Hall–Kier alpha value is -2.95. The maximum absolute atomic E-state index is 12.9. The molecule has 1 aliphatic heterocycles. The van der Waals surface area contributed by atoms with Crippen molar-refractivity contribution in [3.8, 4) is 11.3 Å². The van der Waals surface area contributed by atoms with Crippen LogP contribution in [0.4, 0.5) is 23.1 Å². The summed E-state index contributed by atoms with van der Waals surface area (Å²) in [6, 6.07) is 4.14. The van der Waals surface area contributed by atoms with Crippen molar-refractivity contribution in [3.05, 3.63) is 35.2 Å². The zero-order valence-corrected chi connectivity index (χ0v) is 17.1. The van der Waals surface area contributed by atoms with E-state index in [9.17, 15) is 27.6 Å². The fourth-order valence-corrected chi connectivity index (χ4v) is 4.67. The number of benzene rings is 1. The molecular formula is C20H19F3N4O3S. The van der Waals surface area contributed by atoms with Gasteiger partial charge in [0, 0.05) is 10.9 Å². The number of aromatic nitrogens is 1. The summed E-state index contributed by atoms with van der Waals surface area (Å²) in [4.78, 5) is 42.5. The lowest BCUT2D eigenvalue weighted by molar-refractivity contribution is -0.137. The molecule has 31 heavy (non-hydrogen) atoms. The van der Waals surface area contributed by atoms with Gasteiger partial charge in [0.15, 0.2) is 5.13 Å². The van der Waals surface area contributed by atoms with E-state index in [0.29, 0.717) is 12.8 Å². The quantitative estimate of drug-likeness (QED) is 0.686.